The zero-order valence-electron chi connectivity index (χ0n) is 15.6. The molecule has 1 aliphatic rings. The van der Waals surface area contributed by atoms with E-state index in [9.17, 15) is 8.42 Å². The standard InChI is InChI=1S/C18H21ClN6O2S/c1-12-3-4-14(19)11-16(12)28(26,27)23-15-5-8-24(9-6-15)17-18-22-21-13(2)25(18)10-7-20-17/h3-4,7,10-11,15,23H,5-6,8-9H2,1-2H3. The maximum Gasteiger partial charge on any atom is 0.241 e. The lowest BCUT2D eigenvalue weighted by atomic mass is 10.1. The Balaban J connectivity index is 1.47. The largest absolute Gasteiger partial charge is 0.353 e. The molecule has 1 N–H and O–H groups in total. The average molecular weight is 421 g/mol. The highest BCUT2D eigenvalue weighted by Crippen LogP contribution is 2.24. The fourth-order valence-electron chi connectivity index (χ4n) is 3.51. The Labute approximate surface area is 168 Å². The number of fused-ring (bicyclic) bond motifs is 1. The van der Waals surface area contributed by atoms with E-state index in [-0.39, 0.29) is 10.9 Å². The summed E-state index contributed by atoms with van der Waals surface area (Å²) in [4.78, 5) is 6.82. The Hall–Kier alpha value is -2.23. The first-order valence-electron chi connectivity index (χ1n) is 9.05. The highest BCUT2D eigenvalue weighted by Gasteiger charge is 2.27. The summed E-state index contributed by atoms with van der Waals surface area (Å²) < 4.78 is 30.3. The lowest BCUT2D eigenvalue weighted by Gasteiger charge is -2.33. The average Bonchev–Trinajstić information content (AvgIpc) is 3.05. The van der Waals surface area contributed by atoms with Crippen molar-refractivity contribution in [3.05, 3.63) is 47.0 Å². The van der Waals surface area contributed by atoms with Gasteiger partial charge < -0.3 is 4.90 Å². The van der Waals surface area contributed by atoms with Crippen LogP contribution in [0.25, 0.3) is 5.65 Å². The molecule has 3 aromatic rings. The van der Waals surface area contributed by atoms with E-state index in [4.69, 9.17) is 11.6 Å². The minimum absolute atomic E-state index is 0.140. The van der Waals surface area contributed by atoms with Crippen molar-refractivity contribution >= 4 is 33.1 Å². The molecular weight excluding hydrogens is 400 g/mol. The Morgan fingerprint density at radius 3 is 2.68 bits per heavy atom. The first kappa shape index (κ1) is 19.1. The zero-order chi connectivity index (χ0) is 19.9. The number of nitrogens with zero attached hydrogens (tertiary/aromatic N) is 5. The summed E-state index contributed by atoms with van der Waals surface area (Å²) in [6.07, 6.45) is 4.92. The van der Waals surface area contributed by atoms with Crippen molar-refractivity contribution in [2.45, 2.75) is 37.6 Å². The lowest BCUT2D eigenvalue weighted by molar-refractivity contribution is 0.458. The summed E-state index contributed by atoms with van der Waals surface area (Å²) in [6.45, 7) is 5.02. The predicted octanol–water partition coefficient (Wildman–Crippen LogP) is 2.34. The Morgan fingerprint density at radius 1 is 1.18 bits per heavy atom. The van der Waals surface area contributed by atoms with Gasteiger partial charge in [0.05, 0.1) is 4.90 Å². The van der Waals surface area contributed by atoms with Gasteiger partial charge in [-0.25, -0.2) is 18.1 Å². The van der Waals surface area contributed by atoms with Crippen LogP contribution in [0.5, 0.6) is 0 Å². The third-order valence-corrected chi connectivity index (χ3v) is 6.93. The second kappa shape index (κ2) is 7.31. The first-order chi connectivity index (χ1) is 13.3. The van der Waals surface area contributed by atoms with Crippen molar-refractivity contribution in [1.29, 1.82) is 0 Å². The second-order valence-electron chi connectivity index (χ2n) is 6.98. The minimum Gasteiger partial charge on any atom is -0.353 e. The van der Waals surface area contributed by atoms with Crippen molar-refractivity contribution in [2.24, 2.45) is 0 Å². The van der Waals surface area contributed by atoms with Crippen LogP contribution < -0.4 is 9.62 Å². The predicted molar refractivity (Wildman–Crippen MR) is 107 cm³/mol. The third-order valence-electron chi connectivity index (χ3n) is 5.03. The van der Waals surface area contributed by atoms with Crippen molar-refractivity contribution in [3.63, 3.8) is 0 Å². The molecular formula is C18H21ClN6O2S. The van der Waals surface area contributed by atoms with E-state index in [1.807, 2.05) is 17.5 Å². The van der Waals surface area contributed by atoms with Gasteiger partial charge in [0.2, 0.25) is 15.7 Å². The molecule has 1 aromatic carbocycles. The first-order valence-corrected chi connectivity index (χ1v) is 10.9. The number of aromatic nitrogens is 4. The monoisotopic (exact) mass is 420 g/mol. The number of benzene rings is 1. The van der Waals surface area contributed by atoms with Gasteiger partial charge in [0.1, 0.15) is 5.82 Å². The molecule has 2 aromatic heterocycles. The lowest BCUT2D eigenvalue weighted by Crippen LogP contribution is -2.45. The van der Waals surface area contributed by atoms with Crippen LogP contribution in [-0.4, -0.2) is 47.1 Å². The molecule has 1 saturated heterocycles. The van der Waals surface area contributed by atoms with Crippen molar-refractivity contribution in [2.75, 3.05) is 18.0 Å². The molecule has 0 bridgehead atoms. The van der Waals surface area contributed by atoms with E-state index in [0.29, 0.717) is 42.2 Å². The van der Waals surface area contributed by atoms with Crippen molar-refractivity contribution < 1.29 is 8.42 Å². The Kier molecular flexibility index (Phi) is 4.98. The molecule has 0 radical (unpaired) electrons. The normalized spacial score (nSPS) is 16.0. The van der Waals surface area contributed by atoms with Crippen LogP contribution in [0.2, 0.25) is 5.02 Å². The number of hydrogen-bond acceptors (Lipinski definition) is 6. The smallest absolute Gasteiger partial charge is 0.241 e. The van der Waals surface area contributed by atoms with Crippen LogP contribution >= 0.6 is 11.6 Å². The number of nitrogens with one attached hydrogen (secondary N) is 1. The third kappa shape index (κ3) is 3.57. The minimum atomic E-state index is -3.62. The highest BCUT2D eigenvalue weighted by molar-refractivity contribution is 7.89. The van der Waals surface area contributed by atoms with Gasteiger partial charge in [-0.1, -0.05) is 17.7 Å². The SMILES string of the molecule is Cc1ccc(Cl)cc1S(=O)(=O)NC1CCN(c2nccn3c(C)nnc23)CC1. The fourth-order valence-corrected chi connectivity index (χ4v) is 5.32. The topological polar surface area (TPSA) is 92.5 Å². The molecule has 4 rings (SSSR count). The van der Waals surface area contributed by atoms with Crippen LogP contribution in [-0.2, 0) is 10.0 Å². The van der Waals surface area contributed by atoms with Gasteiger partial charge in [-0.05, 0) is 44.4 Å². The number of anilines is 1. The molecule has 0 atom stereocenters. The molecule has 0 saturated carbocycles. The van der Waals surface area contributed by atoms with E-state index in [1.165, 1.54) is 6.07 Å². The molecule has 1 fully saturated rings. The van der Waals surface area contributed by atoms with E-state index in [0.717, 1.165) is 11.6 Å². The van der Waals surface area contributed by atoms with Gasteiger partial charge in [-0.2, -0.15) is 0 Å². The molecule has 1 aliphatic heterocycles. The maximum absolute atomic E-state index is 12.8. The number of hydrogen-bond donors (Lipinski definition) is 1. The van der Waals surface area contributed by atoms with E-state index in [1.54, 1.807) is 25.3 Å². The summed E-state index contributed by atoms with van der Waals surface area (Å²) >= 11 is 5.98. The van der Waals surface area contributed by atoms with Crippen LogP contribution in [0.15, 0.2) is 35.5 Å². The number of piperidine rings is 1. The summed E-state index contributed by atoms with van der Waals surface area (Å²) in [7, 11) is -3.62. The Morgan fingerprint density at radius 2 is 1.93 bits per heavy atom. The molecule has 0 amide bonds. The van der Waals surface area contributed by atoms with E-state index in [2.05, 4.69) is 24.8 Å². The quantitative estimate of drug-likeness (QED) is 0.696. The summed E-state index contributed by atoms with van der Waals surface area (Å²) in [6, 6.07) is 4.76. The van der Waals surface area contributed by atoms with Crippen LogP contribution in [0.3, 0.4) is 0 Å². The molecule has 28 heavy (non-hydrogen) atoms. The van der Waals surface area contributed by atoms with Gasteiger partial charge >= 0.3 is 0 Å². The summed E-state index contributed by atoms with van der Waals surface area (Å²) in [5.41, 5.74) is 1.39. The number of aryl methyl sites for hydroxylation is 2. The Bertz CT molecular complexity index is 1120. The number of halogens is 1. The molecule has 0 spiro atoms. The van der Waals surface area contributed by atoms with Crippen LogP contribution in [0.4, 0.5) is 5.82 Å². The van der Waals surface area contributed by atoms with Gasteiger partial charge in [0, 0.05) is 36.5 Å². The summed E-state index contributed by atoms with van der Waals surface area (Å²) in [5, 5.41) is 8.73. The van der Waals surface area contributed by atoms with Crippen LogP contribution in [0.1, 0.15) is 24.2 Å². The highest BCUT2D eigenvalue weighted by atomic mass is 35.5. The molecule has 3 heterocycles. The molecule has 0 aliphatic carbocycles. The van der Waals surface area contributed by atoms with Crippen molar-refractivity contribution in [1.82, 2.24) is 24.3 Å². The van der Waals surface area contributed by atoms with Gasteiger partial charge in [0.25, 0.3) is 0 Å². The zero-order valence-corrected chi connectivity index (χ0v) is 17.2. The maximum atomic E-state index is 12.8. The summed E-state index contributed by atoms with van der Waals surface area (Å²) in [5.74, 6) is 1.58. The molecule has 0 unspecified atom stereocenters. The van der Waals surface area contributed by atoms with Gasteiger partial charge in [-0.15, -0.1) is 10.2 Å². The number of rotatable bonds is 4. The van der Waals surface area contributed by atoms with Crippen LogP contribution in [0, 0.1) is 13.8 Å². The second-order valence-corrected chi connectivity index (χ2v) is 9.10. The molecule has 148 valence electrons. The van der Waals surface area contributed by atoms with Gasteiger partial charge in [-0.3, -0.25) is 4.40 Å². The van der Waals surface area contributed by atoms with Gasteiger partial charge in [0.15, 0.2) is 5.82 Å². The van der Waals surface area contributed by atoms with E-state index >= 15 is 0 Å². The number of sulfonamides is 1. The molecule has 8 nitrogen and oxygen atoms in total. The molecule has 10 heteroatoms. The van der Waals surface area contributed by atoms with E-state index < -0.39 is 10.0 Å². The van der Waals surface area contributed by atoms with Crippen molar-refractivity contribution in [3.8, 4) is 0 Å². The fraction of sp³-hybridized carbons (Fsp3) is 0.389.